The smallest absolute Gasteiger partial charge is 0.179 e. The summed E-state index contributed by atoms with van der Waals surface area (Å²) < 4.78 is 4.87. The molecular formula is C8H11ClO2. The third kappa shape index (κ3) is 2.22. The number of halogens is 1. The predicted molar refractivity (Wildman–Crippen MR) is 43.6 cm³/mol. The Morgan fingerprint density at radius 3 is 2.82 bits per heavy atom. The van der Waals surface area contributed by atoms with Gasteiger partial charge in [-0.2, -0.15) is 0 Å². The summed E-state index contributed by atoms with van der Waals surface area (Å²) in [5.74, 6) is -0.0346. The minimum Gasteiger partial charge on any atom is -0.501 e. The summed E-state index contributed by atoms with van der Waals surface area (Å²) in [6.07, 6.45) is 4.40. The van der Waals surface area contributed by atoms with E-state index in [1.165, 1.54) is 12.3 Å². The van der Waals surface area contributed by atoms with Crippen molar-refractivity contribution in [3.8, 4) is 0 Å². The zero-order valence-electron chi connectivity index (χ0n) is 6.47. The zero-order valence-corrected chi connectivity index (χ0v) is 7.23. The van der Waals surface area contributed by atoms with Gasteiger partial charge in [-0.15, -0.1) is 11.6 Å². The molecule has 0 heterocycles. The van der Waals surface area contributed by atoms with Gasteiger partial charge in [-0.1, -0.05) is 0 Å². The molecule has 1 fully saturated rings. The van der Waals surface area contributed by atoms with Gasteiger partial charge in [-0.25, -0.2) is 0 Å². The predicted octanol–water partition coefficient (Wildman–Crippen LogP) is 1.88. The van der Waals surface area contributed by atoms with E-state index in [9.17, 15) is 4.79 Å². The first kappa shape index (κ1) is 8.60. The Kier molecular flexibility index (Phi) is 2.55. The van der Waals surface area contributed by atoms with Gasteiger partial charge in [0.15, 0.2) is 5.78 Å². The van der Waals surface area contributed by atoms with Crippen LogP contribution in [-0.2, 0) is 9.53 Å². The lowest BCUT2D eigenvalue weighted by atomic mass is 10.2. The van der Waals surface area contributed by atoms with Gasteiger partial charge in [0.05, 0.1) is 12.9 Å². The summed E-state index contributed by atoms with van der Waals surface area (Å²) in [4.78, 5) is 10.5. The molecule has 0 aromatic heterocycles. The molecule has 11 heavy (non-hydrogen) atoms. The third-order valence-corrected chi connectivity index (χ3v) is 2.18. The molecule has 0 aromatic rings. The molecule has 1 saturated carbocycles. The largest absolute Gasteiger partial charge is 0.501 e. The van der Waals surface area contributed by atoms with Crippen LogP contribution in [0.25, 0.3) is 0 Å². The van der Waals surface area contributed by atoms with Crippen molar-refractivity contribution >= 4 is 17.4 Å². The Labute approximate surface area is 71.2 Å². The monoisotopic (exact) mass is 174 g/mol. The fraction of sp³-hybridized carbons (Fsp3) is 0.625. The lowest BCUT2D eigenvalue weighted by Crippen LogP contribution is -2.11. The molecule has 0 N–H and O–H groups in total. The number of hydrogen-bond donors (Lipinski definition) is 0. The van der Waals surface area contributed by atoms with Crippen LogP contribution in [-0.4, -0.2) is 17.3 Å². The molecule has 0 saturated heterocycles. The van der Waals surface area contributed by atoms with Gasteiger partial charge in [0, 0.05) is 6.08 Å². The van der Waals surface area contributed by atoms with Crippen molar-refractivity contribution in [2.24, 2.45) is 0 Å². The third-order valence-electron chi connectivity index (χ3n) is 1.61. The highest BCUT2D eigenvalue weighted by Gasteiger charge is 2.46. The molecule has 0 atom stereocenters. The van der Waals surface area contributed by atoms with Crippen LogP contribution < -0.4 is 0 Å². The van der Waals surface area contributed by atoms with Crippen LogP contribution >= 0.6 is 11.6 Å². The number of carbonyl (C=O) groups is 1. The topological polar surface area (TPSA) is 26.3 Å². The molecule has 1 rings (SSSR count). The normalized spacial score (nSPS) is 20.2. The van der Waals surface area contributed by atoms with Gasteiger partial charge >= 0.3 is 0 Å². The van der Waals surface area contributed by atoms with Crippen LogP contribution in [0.1, 0.15) is 19.8 Å². The van der Waals surface area contributed by atoms with E-state index in [1.54, 1.807) is 0 Å². The Morgan fingerprint density at radius 1 is 1.73 bits per heavy atom. The van der Waals surface area contributed by atoms with E-state index in [-0.39, 0.29) is 5.78 Å². The lowest BCUT2D eigenvalue weighted by molar-refractivity contribution is -0.115. The van der Waals surface area contributed by atoms with Crippen molar-refractivity contribution in [1.82, 2.24) is 0 Å². The molecule has 2 nitrogen and oxygen atoms in total. The van der Waals surface area contributed by atoms with E-state index in [4.69, 9.17) is 16.3 Å². The zero-order chi connectivity index (χ0) is 8.32. The van der Waals surface area contributed by atoms with E-state index >= 15 is 0 Å². The summed E-state index contributed by atoms with van der Waals surface area (Å²) in [6, 6.07) is 0. The molecule has 0 aliphatic heterocycles. The lowest BCUT2D eigenvalue weighted by Gasteiger charge is -1.98. The van der Waals surface area contributed by atoms with Crippen LogP contribution in [0.15, 0.2) is 12.3 Å². The second kappa shape index (κ2) is 3.26. The summed E-state index contributed by atoms with van der Waals surface area (Å²) in [7, 11) is 0. The number of allylic oxidation sites excluding steroid dienone is 1. The van der Waals surface area contributed by atoms with Crippen molar-refractivity contribution in [2.75, 3.05) is 6.61 Å². The Morgan fingerprint density at radius 2 is 2.36 bits per heavy atom. The molecule has 0 spiro atoms. The van der Waals surface area contributed by atoms with Gasteiger partial charge in [-0.05, 0) is 19.8 Å². The minimum atomic E-state index is -0.576. The number of hydrogen-bond acceptors (Lipinski definition) is 2. The molecule has 1 aliphatic rings. The number of alkyl halides is 1. The molecular weight excluding hydrogens is 164 g/mol. The molecule has 1 aliphatic carbocycles. The quantitative estimate of drug-likeness (QED) is 0.370. The second-order valence-electron chi connectivity index (χ2n) is 2.59. The van der Waals surface area contributed by atoms with Crippen molar-refractivity contribution in [2.45, 2.75) is 24.6 Å². The van der Waals surface area contributed by atoms with Crippen molar-refractivity contribution in [3.63, 3.8) is 0 Å². The van der Waals surface area contributed by atoms with E-state index in [2.05, 4.69) is 0 Å². The summed E-state index contributed by atoms with van der Waals surface area (Å²) >= 11 is 5.82. The Balaban J connectivity index is 2.31. The average molecular weight is 175 g/mol. The molecule has 0 radical (unpaired) electrons. The fourth-order valence-corrected chi connectivity index (χ4v) is 0.869. The number of carbonyl (C=O) groups excluding carboxylic acids is 1. The van der Waals surface area contributed by atoms with E-state index < -0.39 is 4.87 Å². The molecule has 3 heteroatoms. The van der Waals surface area contributed by atoms with Crippen LogP contribution in [0, 0.1) is 0 Å². The first-order valence-corrected chi connectivity index (χ1v) is 4.08. The number of rotatable bonds is 4. The Bertz CT molecular complexity index is 183. The average Bonchev–Trinajstić information content (AvgIpc) is 2.70. The SMILES string of the molecule is CCO/C=C/C(=O)C1(Cl)CC1. The second-order valence-corrected chi connectivity index (χ2v) is 3.31. The Hall–Kier alpha value is -0.500. The first-order chi connectivity index (χ1) is 5.19. The summed E-state index contributed by atoms with van der Waals surface area (Å²) in [5, 5.41) is 0. The molecule has 62 valence electrons. The number of ketones is 1. The summed E-state index contributed by atoms with van der Waals surface area (Å²) in [5.41, 5.74) is 0. The highest BCUT2D eigenvalue weighted by atomic mass is 35.5. The molecule has 0 unspecified atom stereocenters. The molecule has 0 bridgehead atoms. The van der Waals surface area contributed by atoms with Crippen molar-refractivity contribution < 1.29 is 9.53 Å². The van der Waals surface area contributed by atoms with E-state index in [0.717, 1.165) is 12.8 Å². The van der Waals surface area contributed by atoms with Gasteiger partial charge in [-0.3, -0.25) is 4.79 Å². The highest BCUT2D eigenvalue weighted by Crippen LogP contribution is 2.43. The maximum atomic E-state index is 11.1. The van der Waals surface area contributed by atoms with Gasteiger partial charge in [0.1, 0.15) is 4.87 Å². The maximum absolute atomic E-state index is 11.1. The van der Waals surface area contributed by atoms with Crippen LogP contribution in [0.3, 0.4) is 0 Å². The first-order valence-electron chi connectivity index (χ1n) is 3.70. The molecule has 0 aromatic carbocycles. The minimum absolute atomic E-state index is 0.0346. The van der Waals surface area contributed by atoms with Gasteiger partial charge in [0.2, 0.25) is 0 Å². The van der Waals surface area contributed by atoms with Crippen molar-refractivity contribution in [3.05, 3.63) is 12.3 Å². The van der Waals surface area contributed by atoms with Crippen LogP contribution in [0.5, 0.6) is 0 Å². The van der Waals surface area contributed by atoms with Crippen LogP contribution in [0.4, 0.5) is 0 Å². The molecule has 0 amide bonds. The fourth-order valence-electron chi connectivity index (χ4n) is 0.712. The van der Waals surface area contributed by atoms with E-state index in [1.807, 2.05) is 6.92 Å². The van der Waals surface area contributed by atoms with Gasteiger partial charge in [0.25, 0.3) is 0 Å². The highest BCUT2D eigenvalue weighted by molar-refractivity contribution is 6.39. The number of ether oxygens (including phenoxy) is 1. The maximum Gasteiger partial charge on any atom is 0.179 e. The van der Waals surface area contributed by atoms with Crippen molar-refractivity contribution in [1.29, 1.82) is 0 Å². The van der Waals surface area contributed by atoms with Crippen LogP contribution in [0.2, 0.25) is 0 Å². The summed E-state index contributed by atoms with van der Waals surface area (Å²) in [6.45, 7) is 2.45. The standard InChI is InChI=1S/C8H11ClO2/c1-2-11-6-3-7(10)8(9)4-5-8/h3,6H,2,4-5H2,1H3/b6-3+. The van der Waals surface area contributed by atoms with E-state index in [0.29, 0.717) is 6.61 Å². The van der Waals surface area contributed by atoms with Gasteiger partial charge < -0.3 is 4.74 Å².